The number of amides is 4. The van der Waals surface area contributed by atoms with Crippen LogP contribution in [0.4, 0.5) is 11.4 Å². The minimum absolute atomic E-state index is 0.0177. The standard InChI is InChI=1S/C35H27N3O9S/c1-45-27-15-20(16-28-31(27)47-19-46-28)14-26(37-32(40)21-6-3-2-4-7-21)33(41)36-23-8-5-9-25(17-23)48-29-18-30(39)38(34(29)42)24-12-10-22(11-13-24)35(43)44/h2-17,29H,18-19H2,1H3,(H,36,41)(H,37,40)(H,43,44). The number of ether oxygens (including phenoxy) is 3. The molecule has 12 nitrogen and oxygen atoms in total. The largest absolute Gasteiger partial charge is 0.493 e. The van der Waals surface area contributed by atoms with Crippen LogP contribution in [0.5, 0.6) is 17.2 Å². The Kier molecular flexibility index (Phi) is 9.12. The highest BCUT2D eigenvalue weighted by Gasteiger charge is 2.40. The van der Waals surface area contributed by atoms with Crippen LogP contribution in [0, 0.1) is 0 Å². The van der Waals surface area contributed by atoms with Gasteiger partial charge in [-0.05, 0) is 78.4 Å². The van der Waals surface area contributed by atoms with Gasteiger partial charge in [0.25, 0.3) is 11.8 Å². The minimum atomic E-state index is -1.12. The molecule has 1 fully saturated rings. The third kappa shape index (κ3) is 6.86. The lowest BCUT2D eigenvalue weighted by atomic mass is 10.1. The fraction of sp³-hybridized carbons (Fsp3) is 0.114. The average Bonchev–Trinajstić information content (AvgIpc) is 3.67. The molecule has 0 aromatic heterocycles. The molecule has 13 heteroatoms. The van der Waals surface area contributed by atoms with Gasteiger partial charge in [0.2, 0.25) is 24.4 Å². The zero-order chi connectivity index (χ0) is 33.8. The fourth-order valence-corrected chi connectivity index (χ4v) is 6.19. The topological polar surface area (TPSA) is 161 Å². The van der Waals surface area contributed by atoms with Crippen LogP contribution in [0.1, 0.15) is 32.7 Å². The molecule has 242 valence electrons. The predicted octanol–water partition coefficient (Wildman–Crippen LogP) is 4.96. The average molecular weight is 666 g/mol. The molecule has 2 aliphatic rings. The zero-order valence-corrected chi connectivity index (χ0v) is 26.1. The second-order valence-corrected chi connectivity index (χ2v) is 11.8. The van der Waals surface area contributed by atoms with Crippen LogP contribution in [0.3, 0.4) is 0 Å². The smallest absolute Gasteiger partial charge is 0.335 e. The molecule has 4 aromatic rings. The first-order valence-corrected chi connectivity index (χ1v) is 15.4. The lowest BCUT2D eigenvalue weighted by Crippen LogP contribution is -2.31. The Morgan fingerprint density at radius 1 is 0.938 bits per heavy atom. The molecule has 0 bridgehead atoms. The van der Waals surface area contributed by atoms with Crippen molar-refractivity contribution in [2.75, 3.05) is 24.1 Å². The first-order valence-electron chi connectivity index (χ1n) is 14.5. The molecule has 0 radical (unpaired) electrons. The van der Waals surface area contributed by atoms with Crippen molar-refractivity contribution < 1.29 is 43.3 Å². The van der Waals surface area contributed by atoms with Gasteiger partial charge in [0.15, 0.2) is 11.5 Å². The van der Waals surface area contributed by atoms with Gasteiger partial charge in [-0.2, -0.15) is 0 Å². The van der Waals surface area contributed by atoms with Gasteiger partial charge in [-0.1, -0.05) is 24.3 Å². The number of anilines is 2. The van der Waals surface area contributed by atoms with Gasteiger partial charge in [-0.15, -0.1) is 11.8 Å². The van der Waals surface area contributed by atoms with Crippen LogP contribution in [-0.4, -0.2) is 53.9 Å². The van der Waals surface area contributed by atoms with E-state index in [2.05, 4.69) is 10.6 Å². The fourth-order valence-electron chi connectivity index (χ4n) is 5.07. The van der Waals surface area contributed by atoms with Crippen molar-refractivity contribution in [2.24, 2.45) is 0 Å². The van der Waals surface area contributed by atoms with E-state index in [1.807, 2.05) is 0 Å². The maximum atomic E-state index is 13.7. The van der Waals surface area contributed by atoms with Crippen molar-refractivity contribution in [3.8, 4) is 17.2 Å². The molecule has 48 heavy (non-hydrogen) atoms. The highest BCUT2D eigenvalue weighted by atomic mass is 32.2. The zero-order valence-electron chi connectivity index (χ0n) is 25.3. The summed E-state index contributed by atoms with van der Waals surface area (Å²) >= 11 is 1.16. The molecule has 1 atom stereocenters. The van der Waals surface area contributed by atoms with E-state index in [9.17, 15) is 24.0 Å². The van der Waals surface area contributed by atoms with Gasteiger partial charge in [0.1, 0.15) is 5.70 Å². The summed E-state index contributed by atoms with van der Waals surface area (Å²) in [7, 11) is 1.48. The Morgan fingerprint density at radius 3 is 2.44 bits per heavy atom. The Labute approximate surface area is 278 Å². The van der Waals surface area contributed by atoms with E-state index in [0.29, 0.717) is 39.0 Å². The molecule has 4 aromatic carbocycles. The highest BCUT2D eigenvalue weighted by Crippen LogP contribution is 2.42. The molecular weight excluding hydrogens is 638 g/mol. The van der Waals surface area contributed by atoms with Gasteiger partial charge in [0, 0.05) is 22.6 Å². The lowest BCUT2D eigenvalue weighted by molar-refractivity contribution is -0.121. The van der Waals surface area contributed by atoms with Crippen LogP contribution in [-0.2, 0) is 14.4 Å². The third-order valence-corrected chi connectivity index (χ3v) is 8.55. The van der Waals surface area contributed by atoms with Crippen molar-refractivity contribution >= 4 is 58.8 Å². The van der Waals surface area contributed by atoms with E-state index in [1.54, 1.807) is 66.7 Å². The summed E-state index contributed by atoms with van der Waals surface area (Å²) in [5, 5.41) is 13.9. The predicted molar refractivity (Wildman–Crippen MR) is 176 cm³/mol. The number of hydrogen-bond donors (Lipinski definition) is 3. The second-order valence-electron chi connectivity index (χ2n) is 10.5. The quantitative estimate of drug-likeness (QED) is 0.156. The summed E-state index contributed by atoms with van der Waals surface area (Å²) in [4.78, 5) is 65.6. The van der Waals surface area contributed by atoms with Crippen LogP contribution < -0.4 is 29.7 Å². The van der Waals surface area contributed by atoms with E-state index in [0.717, 1.165) is 16.7 Å². The highest BCUT2D eigenvalue weighted by molar-refractivity contribution is 8.00. The van der Waals surface area contributed by atoms with Gasteiger partial charge >= 0.3 is 5.97 Å². The molecule has 1 saturated heterocycles. The number of fused-ring (bicyclic) bond motifs is 1. The molecule has 0 aliphatic carbocycles. The van der Waals surface area contributed by atoms with E-state index in [-0.39, 0.29) is 30.2 Å². The molecule has 1 unspecified atom stereocenters. The van der Waals surface area contributed by atoms with Gasteiger partial charge in [-0.3, -0.25) is 19.2 Å². The van der Waals surface area contributed by atoms with Crippen molar-refractivity contribution in [1.29, 1.82) is 0 Å². The molecule has 0 spiro atoms. The molecule has 2 aliphatic heterocycles. The first kappa shape index (κ1) is 31.9. The summed E-state index contributed by atoms with van der Waals surface area (Å²) in [6.45, 7) is 0.0177. The summed E-state index contributed by atoms with van der Waals surface area (Å²) in [5.41, 5.74) is 1.49. The SMILES string of the molecule is COc1cc(C=C(NC(=O)c2ccccc2)C(=O)Nc2cccc(SC3CC(=O)N(c4ccc(C(=O)O)cc4)C3=O)c2)cc2c1OCO2. The van der Waals surface area contributed by atoms with Gasteiger partial charge in [-0.25, -0.2) is 9.69 Å². The van der Waals surface area contributed by atoms with Crippen LogP contribution in [0.2, 0.25) is 0 Å². The van der Waals surface area contributed by atoms with E-state index < -0.39 is 34.8 Å². The van der Waals surface area contributed by atoms with Crippen molar-refractivity contribution in [3.05, 3.63) is 113 Å². The number of carboxylic acid groups (broad SMARTS) is 1. The number of carbonyl (C=O) groups excluding carboxylic acids is 4. The Bertz CT molecular complexity index is 1960. The van der Waals surface area contributed by atoms with Gasteiger partial charge in [0.05, 0.1) is 23.6 Å². The Morgan fingerprint density at radius 2 is 1.71 bits per heavy atom. The molecule has 4 amide bonds. The van der Waals surface area contributed by atoms with Crippen LogP contribution in [0.15, 0.2) is 102 Å². The Hall–Kier alpha value is -6.08. The first-order chi connectivity index (χ1) is 23.2. The number of hydrogen-bond acceptors (Lipinski definition) is 9. The number of nitrogens with one attached hydrogen (secondary N) is 2. The van der Waals surface area contributed by atoms with Crippen molar-refractivity contribution in [3.63, 3.8) is 0 Å². The number of benzene rings is 4. The lowest BCUT2D eigenvalue weighted by Gasteiger charge is -2.15. The summed E-state index contributed by atoms with van der Waals surface area (Å²) in [6.07, 6.45) is 1.43. The molecule has 3 N–H and O–H groups in total. The molecule has 2 heterocycles. The number of methoxy groups -OCH3 is 1. The number of carbonyl (C=O) groups is 5. The second kappa shape index (κ2) is 13.7. The van der Waals surface area contributed by atoms with E-state index >= 15 is 0 Å². The third-order valence-electron chi connectivity index (χ3n) is 7.37. The van der Waals surface area contributed by atoms with Crippen LogP contribution in [0.25, 0.3) is 6.08 Å². The molecule has 0 saturated carbocycles. The number of nitrogens with zero attached hydrogens (tertiary/aromatic N) is 1. The number of aromatic carboxylic acids is 1. The monoisotopic (exact) mass is 665 g/mol. The summed E-state index contributed by atoms with van der Waals surface area (Å²) in [6, 6.07) is 24.0. The summed E-state index contributed by atoms with van der Waals surface area (Å²) < 4.78 is 16.4. The molecular formula is C35H27N3O9S. The van der Waals surface area contributed by atoms with Gasteiger partial charge < -0.3 is 30.0 Å². The molecule has 6 rings (SSSR count). The number of carboxylic acids is 1. The number of imide groups is 1. The number of thioether (sulfide) groups is 1. The Balaban J connectivity index is 1.21. The maximum Gasteiger partial charge on any atom is 0.335 e. The maximum absolute atomic E-state index is 13.7. The van der Waals surface area contributed by atoms with E-state index in [4.69, 9.17) is 19.3 Å². The minimum Gasteiger partial charge on any atom is -0.493 e. The van der Waals surface area contributed by atoms with Crippen LogP contribution >= 0.6 is 11.8 Å². The normalized spacial score (nSPS) is 15.3. The van der Waals surface area contributed by atoms with Crippen molar-refractivity contribution in [2.45, 2.75) is 16.6 Å². The van der Waals surface area contributed by atoms with Crippen molar-refractivity contribution in [1.82, 2.24) is 5.32 Å². The summed E-state index contributed by atoms with van der Waals surface area (Å²) in [5.74, 6) is -1.83. The van der Waals surface area contributed by atoms with E-state index in [1.165, 1.54) is 37.5 Å². The number of rotatable bonds is 10.